The van der Waals surface area contributed by atoms with Crippen LogP contribution in [0.5, 0.6) is 0 Å². The molecule has 4 aromatic heterocycles. The molecule has 5 N–H and O–H groups in total. The Morgan fingerprint density at radius 2 is 1.56 bits per heavy atom. The molecule has 350 valence electrons. The van der Waals surface area contributed by atoms with Crippen molar-refractivity contribution in [1.29, 1.82) is 10.5 Å². The molecule has 10 atom stereocenters. The van der Waals surface area contributed by atoms with Gasteiger partial charge in [0.25, 0.3) is 11.5 Å². The summed E-state index contributed by atoms with van der Waals surface area (Å²) in [4.78, 5) is 72.2. The van der Waals surface area contributed by atoms with Crippen molar-refractivity contribution in [3.05, 3.63) is 65.2 Å². The monoisotopic (exact) mass is 960 g/mol. The number of imidazole rings is 2. The van der Waals surface area contributed by atoms with Gasteiger partial charge in [0.15, 0.2) is 52.9 Å². The number of hydrogen-bond acceptors (Lipinski definition) is 19. The summed E-state index contributed by atoms with van der Waals surface area (Å²) in [5.74, 6) is -1.97. The Bertz CT molecular complexity index is 2820. The van der Waals surface area contributed by atoms with Crippen molar-refractivity contribution in [3.8, 4) is 12.1 Å². The third-order valence-corrected chi connectivity index (χ3v) is 13.5. The number of phosphoric acid groups is 1. The molecule has 0 saturated carbocycles. The SMILES string of the molecule is CC(C)C(=O)Nc1nc2c(ncn2C2OC(COP(=O)(OCCC#N)O[C@@H]3C(CO)OC(n4cnc5c(NC(=O)c6ccccc6)ncnc54)[C@@H]3F)[C@@H](P(=O)(O)OCCC#N)[C@H]2F)c(=O)[nH]1. The fourth-order valence-corrected chi connectivity index (χ4v) is 9.90. The Morgan fingerprint density at radius 1 is 0.909 bits per heavy atom. The number of hydrogen-bond donors (Lipinski definition) is 5. The largest absolute Gasteiger partial charge is 0.475 e. The molecule has 6 heterocycles. The molecule has 0 bridgehead atoms. The van der Waals surface area contributed by atoms with Crippen LogP contribution >= 0.6 is 15.4 Å². The van der Waals surface area contributed by atoms with Crippen LogP contribution in [-0.4, -0.2) is 124 Å². The van der Waals surface area contributed by atoms with Crippen LogP contribution in [0.25, 0.3) is 22.3 Å². The predicted molar refractivity (Wildman–Crippen MR) is 220 cm³/mol. The van der Waals surface area contributed by atoms with E-state index in [1.807, 2.05) is 0 Å². The molecule has 2 saturated heterocycles. The lowest BCUT2D eigenvalue weighted by molar-refractivity contribution is -0.118. The smallest absolute Gasteiger partial charge is 0.394 e. The van der Waals surface area contributed by atoms with Gasteiger partial charge in [-0.3, -0.25) is 52.0 Å². The average Bonchev–Trinajstić information content (AvgIpc) is 4.07. The minimum absolute atomic E-state index is 0.0225. The zero-order valence-corrected chi connectivity index (χ0v) is 36.4. The summed E-state index contributed by atoms with van der Waals surface area (Å²) < 4.78 is 96.7. The van der Waals surface area contributed by atoms with Crippen molar-refractivity contribution in [3.63, 3.8) is 0 Å². The van der Waals surface area contributed by atoms with Gasteiger partial charge in [0, 0.05) is 11.5 Å². The van der Waals surface area contributed by atoms with Gasteiger partial charge in [0.1, 0.15) is 30.3 Å². The Morgan fingerprint density at radius 3 is 2.24 bits per heavy atom. The van der Waals surface area contributed by atoms with Gasteiger partial charge in [-0.25, -0.2) is 33.3 Å². The second-order valence-electron chi connectivity index (χ2n) is 14.8. The van der Waals surface area contributed by atoms with Crippen molar-refractivity contribution < 1.29 is 65.1 Å². The number of aliphatic hydroxyl groups is 1. The van der Waals surface area contributed by atoms with E-state index in [1.54, 1.807) is 56.3 Å². The van der Waals surface area contributed by atoms with E-state index in [9.17, 15) is 38.8 Å². The van der Waals surface area contributed by atoms with Crippen molar-refractivity contribution >= 4 is 61.3 Å². The van der Waals surface area contributed by atoms with Crippen molar-refractivity contribution in [2.75, 3.05) is 37.1 Å². The number of amides is 2. The Balaban J connectivity index is 1.15. The molecule has 0 radical (unpaired) electrons. The van der Waals surface area contributed by atoms with E-state index in [-0.39, 0.29) is 40.5 Å². The summed E-state index contributed by atoms with van der Waals surface area (Å²) in [7, 11) is -10.3. The predicted octanol–water partition coefficient (Wildman–Crippen LogP) is 3.19. The number of nitriles is 2. The second kappa shape index (κ2) is 20.3. The maximum Gasteiger partial charge on any atom is 0.475 e. The quantitative estimate of drug-likeness (QED) is 0.0586. The fraction of sp³-hybridized carbons (Fsp3) is 0.459. The highest BCUT2D eigenvalue weighted by Gasteiger charge is 2.57. The van der Waals surface area contributed by atoms with E-state index in [1.165, 1.54) is 0 Å². The van der Waals surface area contributed by atoms with E-state index >= 15 is 8.78 Å². The average molecular weight is 961 g/mol. The van der Waals surface area contributed by atoms with Crippen LogP contribution in [0.4, 0.5) is 20.5 Å². The van der Waals surface area contributed by atoms with Crippen molar-refractivity contribution in [2.45, 2.75) is 75.5 Å². The first kappa shape index (κ1) is 48.0. The zero-order chi connectivity index (χ0) is 47.3. The summed E-state index contributed by atoms with van der Waals surface area (Å²) in [6, 6.07) is 11.6. The number of aromatic nitrogens is 8. The third-order valence-electron chi connectivity index (χ3n) is 10.1. The molecule has 6 unspecified atom stereocenters. The molecule has 0 aliphatic carbocycles. The number of aromatic amines is 1. The van der Waals surface area contributed by atoms with Gasteiger partial charge in [0.2, 0.25) is 11.9 Å². The molecule has 1 aromatic carbocycles. The van der Waals surface area contributed by atoms with Gasteiger partial charge < -0.3 is 29.3 Å². The number of ether oxygens (including phenoxy) is 2. The van der Waals surface area contributed by atoms with Gasteiger partial charge in [0.05, 0.1) is 64.1 Å². The first-order chi connectivity index (χ1) is 31.6. The third kappa shape index (κ3) is 10.1. The van der Waals surface area contributed by atoms with Gasteiger partial charge in [-0.15, -0.1) is 0 Å². The number of nitrogens with zero attached hydrogens (tertiary/aromatic N) is 9. The molecule has 2 amide bonds. The van der Waals surface area contributed by atoms with Crippen LogP contribution in [0, 0.1) is 28.6 Å². The molecule has 5 aromatic rings. The van der Waals surface area contributed by atoms with Gasteiger partial charge in [-0.05, 0) is 12.1 Å². The van der Waals surface area contributed by atoms with E-state index < -0.39 is 120 Å². The normalized spacial score (nSPS) is 24.7. The number of carbonyl (C=O) groups excluding carboxylic acids is 2. The number of benzene rings is 1. The van der Waals surface area contributed by atoms with E-state index in [0.717, 1.165) is 28.1 Å². The van der Waals surface area contributed by atoms with Crippen LogP contribution in [0.2, 0.25) is 0 Å². The fourth-order valence-electron chi connectivity index (χ4n) is 6.90. The minimum Gasteiger partial charge on any atom is -0.394 e. The highest BCUT2D eigenvalue weighted by Crippen LogP contribution is 2.59. The topological polar surface area (TPSA) is 343 Å². The highest BCUT2D eigenvalue weighted by molar-refractivity contribution is 7.53. The lowest BCUT2D eigenvalue weighted by Gasteiger charge is -2.27. The van der Waals surface area contributed by atoms with E-state index in [2.05, 4.69) is 40.5 Å². The lowest BCUT2D eigenvalue weighted by atomic mass is 10.1. The van der Waals surface area contributed by atoms with Crippen LogP contribution in [0.1, 0.15) is 49.5 Å². The van der Waals surface area contributed by atoms with Crippen molar-refractivity contribution in [2.24, 2.45) is 5.92 Å². The molecule has 2 aliphatic rings. The number of aliphatic hydroxyl groups excluding tert-OH is 1. The first-order valence-electron chi connectivity index (χ1n) is 19.9. The molecule has 2 fully saturated rings. The van der Waals surface area contributed by atoms with Crippen LogP contribution < -0.4 is 16.2 Å². The number of alkyl halides is 2. The molecule has 25 nitrogen and oxygen atoms in total. The van der Waals surface area contributed by atoms with E-state index in [0.29, 0.717) is 5.56 Å². The Kier molecular flexibility index (Phi) is 14.7. The number of halogens is 2. The maximum absolute atomic E-state index is 16.7. The van der Waals surface area contributed by atoms with Gasteiger partial charge >= 0.3 is 15.4 Å². The summed E-state index contributed by atoms with van der Waals surface area (Å²) in [6.45, 7) is -0.138. The van der Waals surface area contributed by atoms with E-state index in [4.69, 9.17) is 32.8 Å². The second-order valence-corrected chi connectivity index (χ2v) is 18.4. The van der Waals surface area contributed by atoms with Crippen LogP contribution in [-0.2, 0) is 41.5 Å². The molecular formula is C37H40F2N12O13P2. The summed E-state index contributed by atoms with van der Waals surface area (Å²) in [5, 5.41) is 33.5. The lowest BCUT2D eigenvalue weighted by Crippen LogP contribution is -2.35. The number of anilines is 2. The Labute approximate surface area is 371 Å². The summed E-state index contributed by atoms with van der Waals surface area (Å²) in [6.07, 6.45) is -11.5. The van der Waals surface area contributed by atoms with Crippen molar-refractivity contribution in [1.82, 2.24) is 39.0 Å². The molecular weight excluding hydrogens is 920 g/mol. The molecule has 2 aliphatic heterocycles. The number of carbonyl (C=O) groups is 2. The molecule has 29 heteroatoms. The minimum atomic E-state index is -5.18. The standard InChI is InChI=1S/C37H40F2N12O13P2/c1-19(2)32(53)48-37-47-31-26(34(55)49-37)45-18-51(31)36-24(39)28(65(56,57)59-12-6-10-40)22(63-36)15-61-66(58,60-13-7-11-41)64-27-21(14-52)62-35(23(27)38)50-17-44-25-29(42-16-43-30(25)50)46-33(54)20-8-4-3-5-9-20/h3-5,8-9,16-19,21-24,27-28,35-36,52H,6-7,12-15H2,1-2H3,(H,56,57)(H,42,43,46,54)(H2,47,48,49,53,55)/t21?,22?,23-,24-,27-,28-,35?,36?,66?/m1/s1. The number of nitrogens with one attached hydrogen (secondary N) is 3. The number of H-pyrrole nitrogens is 1. The number of fused-ring (bicyclic) bond motifs is 2. The summed E-state index contributed by atoms with van der Waals surface area (Å²) >= 11 is 0. The maximum atomic E-state index is 16.7. The zero-order valence-electron chi connectivity index (χ0n) is 34.6. The van der Waals surface area contributed by atoms with Crippen LogP contribution in [0.3, 0.4) is 0 Å². The molecule has 66 heavy (non-hydrogen) atoms. The summed E-state index contributed by atoms with van der Waals surface area (Å²) in [5.41, 5.74) is -3.40. The highest BCUT2D eigenvalue weighted by atomic mass is 31.2. The first-order valence-corrected chi connectivity index (χ1v) is 23.0. The van der Waals surface area contributed by atoms with Crippen LogP contribution in [0.15, 0.2) is 54.1 Å². The number of rotatable bonds is 19. The molecule has 7 rings (SSSR count). The number of phosphoric ester groups is 1. The van der Waals surface area contributed by atoms with Gasteiger partial charge in [-0.2, -0.15) is 15.5 Å². The van der Waals surface area contributed by atoms with Gasteiger partial charge in [-0.1, -0.05) is 32.0 Å². The molecule has 0 spiro atoms. The Hall–Kier alpha value is -5.96.